The normalized spacial score (nSPS) is 12.7. The summed E-state index contributed by atoms with van der Waals surface area (Å²) in [7, 11) is 4.11. The maximum Gasteiger partial charge on any atom is 0.272 e. The van der Waals surface area contributed by atoms with Gasteiger partial charge in [-0.2, -0.15) is 0 Å². The molecule has 0 amide bonds. The third kappa shape index (κ3) is 4.96. The molecule has 1 unspecified atom stereocenters. The summed E-state index contributed by atoms with van der Waals surface area (Å²) in [4.78, 5) is 12.7. The maximum absolute atomic E-state index is 10.9. The average Bonchev–Trinajstić information content (AvgIpc) is 2.34. The fourth-order valence-electron chi connectivity index (χ4n) is 1.90. The van der Waals surface area contributed by atoms with Crippen LogP contribution in [0.3, 0.4) is 0 Å². The fraction of sp³-hybridized carbons (Fsp3) is 0.571. The summed E-state index contributed by atoms with van der Waals surface area (Å²) in [5.41, 5.74) is 1.94. The van der Waals surface area contributed by atoms with Gasteiger partial charge in [-0.05, 0) is 46.5 Å². The second-order valence-corrected chi connectivity index (χ2v) is 5.19. The summed E-state index contributed by atoms with van der Waals surface area (Å²) in [6.45, 7) is 5.64. The molecule has 0 spiro atoms. The molecule has 106 valence electrons. The molecule has 1 aromatic carbocycles. The zero-order chi connectivity index (χ0) is 14.4. The Kier molecular flexibility index (Phi) is 5.92. The topological polar surface area (TPSA) is 58.4 Å². The van der Waals surface area contributed by atoms with Crippen LogP contribution in [0.5, 0.6) is 0 Å². The van der Waals surface area contributed by atoms with E-state index in [-0.39, 0.29) is 10.6 Å². The summed E-state index contributed by atoms with van der Waals surface area (Å²) in [6.07, 6.45) is 1.06. The predicted octanol–water partition coefficient (Wildman–Crippen LogP) is 2.33. The van der Waals surface area contributed by atoms with Gasteiger partial charge < -0.3 is 10.2 Å². The molecule has 0 aliphatic carbocycles. The zero-order valence-electron chi connectivity index (χ0n) is 12.1. The molecular formula is C14H23N3O2. The van der Waals surface area contributed by atoms with E-state index in [1.165, 1.54) is 0 Å². The van der Waals surface area contributed by atoms with Gasteiger partial charge in [0.15, 0.2) is 0 Å². The van der Waals surface area contributed by atoms with E-state index >= 15 is 0 Å². The second kappa shape index (κ2) is 7.21. The number of nitrogens with one attached hydrogen (secondary N) is 1. The number of hydrogen-bond acceptors (Lipinski definition) is 4. The molecule has 0 aromatic heterocycles. The Morgan fingerprint density at radius 3 is 2.68 bits per heavy atom. The van der Waals surface area contributed by atoms with Crippen molar-refractivity contribution in [2.24, 2.45) is 0 Å². The summed E-state index contributed by atoms with van der Waals surface area (Å²) in [6, 6.07) is 5.62. The Bertz CT molecular complexity index is 433. The van der Waals surface area contributed by atoms with Gasteiger partial charge in [-0.3, -0.25) is 10.1 Å². The summed E-state index contributed by atoms with van der Waals surface area (Å²) >= 11 is 0. The number of benzene rings is 1. The van der Waals surface area contributed by atoms with E-state index in [0.29, 0.717) is 12.6 Å². The molecule has 0 bridgehead atoms. The molecule has 0 aliphatic heterocycles. The van der Waals surface area contributed by atoms with E-state index in [1.54, 1.807) is 19.1 Å². The minimum absolute atomic E-state index is 0.195. The van der Waals surface area contributed by atoms with Crippen LogP contribution in [0.25, 0.3) is 0 Å². The van der Waals surface area contributed by atoms with Gasteiger partial charge in [-0.15, -0.1) is 0 Å². The Morgan fingerprint density at radius 2 is 2.11 bits per heavy atom. The van der Waals surface area contributed by atoms with Gasteiger partial charge in [0.2, 0.25) is 0 Å². The van der Waals surface area contributed by atoms with Crippen LogP contribution in [0.4, 0.5) is 5.69 Å². The quantitative estimate of drug-likeness (QED) is 0.607. The van der Waals surface area contributed by atoms with Gasteiger partial charge in [0, 0.05) is 24.2 Å². The molecule has 0 aliphatic rings. The van der Waals surface area contributed by atoms with Crippen molar-refractivity contribution in [2.75, 3.05) is 20.6 Å². The monoisotopic (exact) mass is 265 g/mol. The van der Waals surface area contributed by atoms with Gasteiger partial charge in [0.25, 0.3) is 5.69 Å². The van der Waals surface area contributed by atoms with Gasteiger partial charge in [0.05, 0.1) is 4.92 Å². The molecule has 0 heterocycles. The lowest BCUT2D eigenvalue weighted by molar-refractivity contribution is -0.385. The van der Waals surface area contributed by atoms with E-state index in [0.717, 1.165) is 24.1 Å². The molecule has 5 nitrogen and oxygen atoms in total. The number of nitro benzene ring substituents is 1. The molecule has 5 heteroatoms. The molecule has 0 radical (unpaired) electrons. The first-order chi connectivity index (χ1) is 8.91. The van der Waals surface area contributed by atoms with Gasteiger partial charge in [-0.1, -0.05) is 12.1 Å². The van der Waals surface area contributed by atoms with Crippen LogP contribution in [0.2, 0.25) is 0 Å². The van der Waals surface area contributed by atoms with Crippen LogP contribution in [-0.4, -0.2) is 36.5 Å². The first-order valence-electron chi connectivity index (χ1n) is 6.52. The summed E-state index contributed by atoms with van der Waals surface area (Å²) in [5.74, 6) is 0. The zero-order valence-corrected chi connectivity index (χ0v) is 12.1. The molecule has 19 heavy (non-hydrogen) atoms. The SMILES string of the molecule is Cc1c(CNC(C)CCN(C)C)cccc1[N+](=O)[O-]. The van der Waals surface area contributed by atoms with Crippen molar-refractivity contribution in [3.63, 3.8) is 0 Å². The lowest BCUT2D eigenvalue weighted by Crippen LogP contribution is -2.29. The molecule has 1 N–H and O–H groups in total. The van der Waals surface area contributed by atoms with Gasteiger partial charge >= 0.3 is 0 Å². The Morgan fingerprint density at radius 1 is 1.42 bits per heavy atom. The van der Waals surface area contributed by atoms with Crippen LogP contribution in [0, 0.1) is 17.0 Å². The van der Waals surface area contributed by atoms with Crippen molar-refractivity contribution < 1.29 is 4.92 Å². The van der Waals surface area contributed by atoms with Crippen LogP contribution in [-0.2, 0) is 6.54 Å². The van der Waals surface area contributed by atoms with Gasteiger partial charge in [-0.25, -0.2) is 0 Å². The minimum Gasteiger partial charge on any atom is -0.310 e. The smallest absolute Gasteiger partial charge is 0.272 e. The number of nitrogens with zero attached hydrogens (tertiary/aromatic N) is 2. The molecular weight excluding hydrogens is 242 g/mol. The molecule has 1 atom stereocenters. The average molecular weight is 265 g/mol. The Balaban J connectivity index is 2.58. The van der Waals surface area contributed by atoms with Crippen molar-refractivity contribution in [2.45, 2.75) is 32.9 Å². The van der Waals surface area contributed by atoms with Crippen molar-refractivity contribution in [1.29, 1.82) is 0 Å². The van der Waals surface area contributed by atoms with E-state index in [9.17, 15) is 10.1 Å². The van der Waals surface area contributed by atoms with E-state index in [2.05, 4.69) is 31.2 Å². The van der Waals surface area contributed by atoms with Crippen molar-refractivity contribution in [3.8, 4) is 0 Å². The van der Waals surface area contributed by atoms with Crippen LogP contribution in [0.1, 0.15) is 24.5 Å². The van der Waals surface area contributed by atoms with E-state index in [1.807, 2.05) is 6.07 Å². The first kappa shape index (κ1) is 15.6. The molecule has 0 saturated carbocycles. The highest BCUT2D eigenvalue weighted by atomic mass is 16.6. The van der Waals surface area contributed by atoms with Crippen molar-refractivity contribution >= 4 is 5.69 Å². The third-order valence-corrected chi connectivity index (χ3v) is 3.26. The van der Waals surface area contributed by atoms with Crippen LogP contribution < -0.4 is 5.32 Å². The standard InChI is InChI=1S/C14H23N3O2/c1-11(8-9-16(3)4)15-10-13-6-5-7-14(12(13)2)17(18)19/h5-7,11,15H,8-10H2,1-4H3. The molecule has 0 saturated heterocycles. The number of hydrogen-bond donors (Lipinski definition) is 1. The first-order valence-corrected chi connectivity index (χ1v) is 6.52. The third-order valence-electron chi connectivity index (χ3n) is 3.26. The molecule has 0 fully saturated rings. The van der Waals surface area contributed by atoms with Gasteiger partial charge in [0.1, 0.15) is 0 Å². The number of rotatable bonds is 7. The predicted molar refractivity (Wildman–Crippen MR) is 77.3 cm³/mol. The second-order valence-electron chi connectivity index (χ2n) is 5.19. The largest absolute Gasteiger partial charge is 0.310 e. The van der Waals surface area contributed by atoms with Crippen molar-refractivity contribution in [1.82, 2.24) is 10.2 Å². The van der Waals surface area contributed by atoms with Crippen LogP contribution in [0.15, 0.2) is 18.2 Å². The maximum atomic E-state index is 10.9. The minimum atomic E-state index is -0.325. The molecule has 1 aromatic rings. The Labute approximate surface area is 114 Å². The highest BCUT2D eigenvalue weighted by molar-refractivity contribution is 5.44. The lowest BCUT2D eigenvalue weighted by atomic mass is 10.1. The summed E-state index contributed by atoms with van der Waals surface area (Å²) < 4.78 is 0. The highest BCUT2D eigenvalue weighted by Gasteiger charge is 2.13. The van der Waals surface area contributed by atoms with E-state index in [4.69, 9.17) is 0 Å². The number of nitro groups is 1. The highest BCUT2D eigenvalue weighted by Crippen LogP contribution is 2.20. The van der Waals surface area contributed by atoms with Crippen LogP contribution >= 0.6 is 0 Å². The van der Waals surface area contributed by atoms with E-state index < -0.39 is 0 Å². The van der Waals surface area contributed by atoms with Crippen molar-refractivity contribution in [3.05, 3.63) is 39.4 Å². The molecule has 1 rings (SSSR count). The lowest BCUT2D eigenvalue weighted by Gasteiger charge is -2.17. The summed E-state index contributed by atoms with van der Waals surface area (Å²) in [5, 5.41) is 14.3. The Hall–Kier alpha value is -1.46. The fourth-order valence-corrected chi connectivity index (χ4v) is 1.90.